The number of unbranched alkanes of at least 4 members (excludes halogenated alkanes) is 2. The van der Waals surface area contributed by atoms with E-state index in [0.717, 1.165) is 42.0 Å². The molecule has 0 heterocycles. The van der Waals surface area contributed by atoms with Crippen molar-refractivity contribution in [2.75, 3.05) is 25.0 Å². The van der Waals surface area contributed by atoms with E-state index in [-0.39, 0.29) is 0 Å². The van der Waals surface area contributed by atoms with Gasteiger partial charge in [0.1, 0.15) is 0 Å². The van der Waals surface area contributed by atoms with Crippen LogP contribution in [0.4, 0.5) is 11.4 Å². The third-order valence-electron chi connectivity index (χ3n) is 4.79. The fraction of sp³-hybridized carbons (Fsp3) is 0.391. The van der Waals surface area contributed by atoms with Crippen molar-refractivity contribution in [3.8, 4) is 0 Å². The van der Waals surface area contributed by atoms with Gasteiger partial charge in [0.05, 0.1) is 0 Å². The second-order valence-corrected chi connectivity index (χ2v) is 6.61. The summed E-state index contributed by atoms with van der Waals surface area (Å²) in [5.74, 6) is 0. The van der Waals surface area contributed by atoms with Crippen LogP contribution in [0.1, 0.15) is 49.8 Å². The second-order valence-electron chi connectivity index (χ2n) is 6.61. The largest absolute Gasteiger partial charge is 0.355 e. The zero-order valence-electron chi connectivity index (χ0n) is 15.9. The first-order valence-corrected chi connectivity index (χ1v) is 9.49. The maximum absolute atomic E-state index is 4.21. The molecule has 0 aliphatic heterocycles. The van der Waals surface area contributed by atoms with E-state index < -0.39 is 0 Å². The SMILES string of the molecule is [CH2]c1ccccc1Nc1ccc(CCCCCN(CC)CC)cc1[CH2]. The Bertz CT molecular complexity index is 644. The Morgan fingerprint density at radius 3 is 2.24 bits per heavy atom. The quantitative estimate of drug-likeness (QED) is 0.548. The molecule has 0 aliphatic carbocycles. The lowest BCUT2D eigenvalue weighted by Gasteiger charge is -2.17. The summed E-state index contributed by atoms with van der Waals surface area (Å²) in [6.45, 7) is 16.3. The fourth-order valence-electron chi connectivity index (χ4n) is 3.09. The minimum Gasteiger partial charge on any atom is -0.355 e. The Labute approximate surface area is 154 Å². The molecule has 0 saturated heterocycles. The molecule has 1 N–H and O–H groups in total. The molecule has 0 amide bonds. The molecule has 0 bridgehead atoms. The Balaban J connectivity index is 1.82. The van der Waals surface area contributed by atoms with Crippen LogP contribution in [-0.4, -0.2) is 24.5 Å². The van der Waals surface area contributed by atoms with Gasteiger partial charge in [-0.2, -0.15) is 0 Å². The van der Waals surface area contributed by atoms with Crippen molar-refractivity contribution < 1.29 is 0 Å². The van der Waals surface area contributed by atoms with E-state index in [1.54, 1.807) is 0 Å². The molecular formula is C23H32N2. The van der Waals surface area contributed by atoms with E-state index >= 15 is 0 Å². The summed E-state index contributed by atoms with van der Waals surface area (Å²) in [5, 5.41) is 3.44. The van der Waals surface area contributed by atoms with Crippen LogP contribution < -0.4 is 5.32 Å². The second kappa shape index (κ2) is 10.2. The number of nitrogens with one attached hydrogen (secondary N) is 1. The van der Waals surface area contributed by atoms with E-state index in [1.165, 1.54) is 31.4 Å². The highest BCUT2D eigenvalue weighted by Gasteiger charge is 2.04. The maximum Gasteiger partial charge on any atom is 0.0417 e. The highest BCUT2D eigenvalue weighted by molar-refractivity contribution is 5.67. The zero-order chi connectivity index (χ0) is 18.1. The molecule has 2 aromatic carbocycles. The fourth-order valence-corrected chi connectivity index (χ4v) is 3.09. The third kappa shape index (κ3) is 6.21. The first kappa shape index (κ1) is 19.5. The highest BCUT2D eigenvalue weighted by Crippen LogP contribution is 2.24. The van der Waals surface area contributed by atoms with Crippen molar-refractivity contribution >= 4 is 11.4 Å². The van der Waals surface area contributed by atoms with Gasteiger partial charge in [-0.3, -0.25) is 0 Å². The highest BCUT2D eigenvalue weighted by atomic mass is 15.1. The number of hydrogen-bond acceptors (Lipinski definition) is 2. The Morgan fingerprint density at radius 1 is 0.840 bits per heavy atom. The first-order chi connectivity index (χ1) is 12.1. The first-order valence-electron chi connectivity index (χ1n) is 9.49. The molecule has 2 nitrogen and oxygen atoms in total. The van der Waals surface area contributed by atoms with Crippen LogP contribution in [0, 0.1) is 13.8 Å². The number of benzene rings is 2. The molecule has 0 atom stereocenters. The smallest absolute Gasteiger partial charge is 0.0417 e. The van der Waals surface area contributed by atoms with E-state index in [1.807, 2.05) is 24.3 Å². The van der Waals surface area contributed by atoms with E-state index in [0.29, 0.717) is 0 Å². The normalized spacial score (nSPS) is 11.1. The molecule has 2 radical (unpaired) electrons. The van der Waals surface area contributed by atoms with Crippen LogP contribution in [0.3, 0.4) is 0 Å². The van der Waals surface area contributed by atoms with Crippen LogP contribution in [-0.2, 0) is 6.42 Å². The minimum atomic E-state index is 0.999. The van der Waals surface area contributed by atoms with E-state index in [4.69, 9.17) is 0 Å². The maximum atomic E-state index is 4.21. The number of hydrogen-bond donors (Lipinski definition) is 1. The Hall–Kier alpha value is -1.80. The molecule has 2 heteroatoms. The van der Waals surface area contributed by atoms with Crippen LogP contribution in [0.5, 0.6) is 0 Å². The molecule has 0 aromatic heterocycles. The predicted octanol–water partition coefficient (Wildman–Crippen LogP) is 5.85. The molecule has 0 unspecified atom stereocenters. The van der Waals surface area contributed by atoms with Crippen molar-refractivity contribution in [2.24, 2.45) is 0 Å². The topological polar surface area (TPSA) is 15.3 Å². The lowest BCUT2D eigenvalue weighted by molar-refractivity contribution is 0.296. The van der Waals surface area contributed by atoms with Gasteiger partial charge in [-0.15, -0.1) is 0 Å². The summed E-state index contributed by atoms with van der Waals surface area (Å²) in [4.78, 5) is 2.49. The van der Waals surface area contributed by atoms with Crippen molar-refractivity contribution in [3.63, 3.8) is 0 Å². The van der Waals surface area contributed by atoms with Gasteiger partial charge in [-0.05, 0) is 81.6 Å². The summed E-state index contributed by atoms with van der Waals surface area (Å²) in [7, 11) is 0. The van der Waals surface area contributed by atoms with Crippen molar-refractivity contribution in [2.45, 2.75) is 39.5 Å². The van der Waals surface area contributed by atoms with Gasteiger partial charge in [-0.25, -0.2) is 0 Å². The molecule has 25 heavy (non-hydrogen) atoms. The monoisotopic (exact) mass is 336 g/mol. The third-order valence-corrected chi connectivity index (χ3v) is 4.79. The van der Waals surface area contributed by atoms with Crippen LogP contribution in [0.25, 0.3) is 0 Å². The van der Waals surface area contributed by atoms with E-state index in [9.17, 15) is 0 Å². The summed E-state index contributed by atoms with van der Waals surface area (Å²) in [6.07, 6.45) is 4.96. The summed E-state index contributed by atoms with van der Waals surface area (Å²) < 4.78 is 0. The van der Waals surface area contributed by atoms with Gasteiger partial charge in [0.15, 0.2) is 0 Å². The van der Waals surface area contributed by atoms with Crippen LogP contribution in [0.2, 0.25) is 0 Å². The zero-order valence-corrected chi connectivity index (χ0v) is 15.9. The number of para-hydroxylation sites is 1. The average molecular weight is 337 g/mol. The molecule has 2 rings (SSSR count). The van der Waals surface area contributed by atoms with Crippen LogP contribution in [0.15, 0.2) is 42.5 Å². The average Bonchev–Trinajstić information content (AvgIpc) is 2.62. The molecule has 0 aliphatic rings. The predicted molar refractivity (Wildman–Crippen MR) is 110 cm³/mol. The number of aryl methyl sites for hydroxylation is 1. The van der Waals surface area contributed by atoms with E-state index in [2.05, 4.69) is 56.1 Å². The van der Waals surface area contributed by atoms with Crippen molar-refractivity contribution in [1.82, 2.24) is 4.90 Å². The van der Waals surface area contributed by atoms with Crippen molar-refractivity contribution in [3.05, 3.63) is 73.0 Å². The molecule has 0 spiro atoms. The Kier molecular flexibility index (Phi) is 8.00. The summed E-state index contributed by atoms with van der Waals surface area (Å²) >= 11 is 0. The van der Waals surface area contributed by atoms with Gasteiger partial charge < -0.3 is 10.2 Å². The van der Waals surface area contributed by atoms with Gasteiger partial charge in [0, 0.05) is 11.4 Å². The standard InChI is InChI=1S/C23H32N2/c1-5-25(6-2)17-11-7-8-13-21-15-16-23(20(4)18-21)24-22-14-10-9-12-19(22)3/h9-10,12,14-16,18,24H,3-8,11,13,17H2,1-2H3. The number of rotatable bonds is 10. The van der Waals surface area contributed by atoms with Crippen LogP contribution >= 0.6 is 0 Å². The molecule has 134 valence electrons. The van der Waals surface area contributed by atoms with Crippen molar-refractivity contribution in [1.29, 1.82) is 0 Å². The summed E-state index contributed by atoms with van der Waals surface area (Å²) in [6, 6.07) is 14.6. The molecular weight excluding hydrogens is 304 g/mol. The van der Waals surface area contributed by atoms with Gasteiger partial charge in [0.2, 0.25) is 0 Å². The molecule has 2 aromatic rings. The number of anilines is 2. The molecule has 0 fully saturated rings. The van der Waals surface area contributed by atoms with Gasteiger partial charge in [0.25, 0.3) is 0 Å². The molecule has 0 saturated carbocycles. The summed E-state index contributed by atoms with van der Waals surface area (Å²) in [5.41, 5.74) is 5.52. The lowest BCUT2D eigenvalue weighted by atomic mass is 10.0. The number of nitrogens with zero attached hydrogens (tertiary/aromatic N) is 1. The minimum absolute atomic E-state index is 0.999. The Morgan fingerprint density at radius 2 is 1.56 bits per heavy atom. The van der Waals surface area contributed by atoms with Gasteiger partial charge >= 0.3 is 0 Å². The van der Waals surface area contributed by atoms with Gasteiger partial charge in [-0.1, -0.05) is 50.6 Å². The lowest BCUT2D eigenvalue weighted by Crippen LogP contribution is -2.23.